The largest absolute Gasteiger partial charge is 0.478 e. The molecule has 26 heavy (non-hydrogen) atoms. The Morgan fingerprint density at radius 3 is 2.65 bits per heavy atom. The number of nitrogens with zero attached hydrogens (tertiary/aromatic N) is 2. The molecule has 1 aliphatic rings. The van der Waals surface area contributed by atoms with Crippen molar-refractivity contribution in [3.63, 3.8) is 0 Å². The summed E-state index contributed by atoms with van der Waals surface area (Å²) >= 11 is 0. The van der Waals surface area contributed by atoms with Gasteiger partial charge in [-0.25, -0.2) is 9.48 Å². The summed E-state index contributed by atoms with van der Waals surface area (Å²) in [5.74, 6) is -0.744. The first-order valence-corrected chi connectivity index (χ1v) is 7.60. The Bertz CT molecular complexity index is 1020. The smallest absolute Gasteiger partial charge is 0.416 e. The van der Waals surface area contributed by atoms with Crippen molar-refractivity contribution >= 4 is 5.97 Å². The lowest BCUT2D eigenvalue weighted by molar-refractivity contribution is -0.137. The second-order valence-electron chi connectivity index (χ2n) is 5.76. The van der Waals surface area contributed by atoms with E-state index in [1.807, 2.05) is 0 Å². The number of rotatable bonds is 2. The molecule has 0 saturated heterocycles. The zero-order valence-corrected chi connectivity index (χ0v) is 13.1. The zero-order chi connectivity index (χ0) is 18.5. The third kappa shape index (κ3) is 2.59. The van der Waals surface area contributed by atoms with Crippen LogP contribution in [0.15, 0.2) is 48.5 Å². The first kappa shape index (κ1) is 16.2. The molecule has 0 atom stereocenters. The predicted octanol–water partition coefficient (Wildman–Crippen LogP) is 4.15. The fraction of sp³-hybridized carbons (Fsp3) is 0.111. The second kappa shape index (κ2) is 5.62. The van der Waals surface area contributed by atoms with Crippen LogP contribution in [0, 0.1) is 0 Å². The standard InChI is InChI=1S/C18H11F3N2O3/c19-18(20,21)11-4-1-3-10(7-11)14-8-16-23(22-14)15-6-2-5-12(17(24)25)13(15)9-26-16/h1-8H,9H2,(H,24,25). The number of fused-ring (bicyclic) bond motifs is 3. The second-order valence-corrected chi connectivity index (χ2v) is 5.76. The summed E-state index contributed by atoms with van der Waals surface area (Å²) in [4.78, 5) is 11.4. The highest BCUT2D eigenvalue weighted by Crippen LogP contribution is 2.35. The lowest BCUT2D eigenvalue weighted by Crippen LogP contribution is -2.16. The van der Waals surface area contributed by atoms with Crippen LogP contribution >= 0.6 is 0 Å². The van der Waals surface area contributed by atoms with E-state index >= 15 is 0 Å². The third-order valence-electron chi connectivity index (χ3n) is 4.14. The van der Waals surface area contributed by atoms with Crippen LogP contribution in [0.5, 0.6) is 5.88 Å². The van der Waals surface area contributed by atoms with Crippen molar-refractivity contribution in [3.8, 4) is 22.8 Å². The Morgan fingerprint density at radius 1 is 1.15 bits per heavy atom. The number of carboxylic acid groups (broad SMARTS) is 1. The maximum atomic E-state index is 12.9. The molecule has 0 fully saturated rings. The van der Waals surface area contributed by atoms with E-state index in [9.17, 15) is 23.1 Å². The SMILES string of the molecule is O=C(O)c1cccc2c1COc1cc(-c3cccc(C(F)(F)F)c3)nn1-2. The summed E-state index contributed by atoms with van der Waals surface area (Å²) in [5, 5.41) is 13.6. The van der Waals surface area contributed by atoms with E-state index < -0.39 is 17.7 Å². The highest BCUT2D eigenvalue weighted by atomic mass is 19.4. The van der Waals surface area contributed by atoms with Crippen LogP contribution in [0.25, 0.3) is 16.9 Å². The van der Waals surface area contributed by atoms with Crippen LogP contribution in [-0.4, -0.2) is 20.9 Å². The number of halogens is 3. The Balaban J connectivity index is 1.82. The summed E-state index contributed by atoms with van der Waals surface area (Å²) in [6, 6.07) is 11.1. The van der Waals surface area contributed by atoms with E-state index in [-0.39, 0.29) is 12.2 Å². The number of alkyl halides is 3. The van der Waals surface area contributed by atoms with E-state index in [0.717, 1.165) is 12.1 Å². The van der Waals surface area contributed by atoms with Crippen molar-refractivity contribution < 1.29 is 27.8 Å². The molecule has 1 N–H and O–H groups in total. The average molecular weight is 360 g/mol. The van der Waals surface area contributed by atoms with Gasteiger partial charge < -0.3 is 9.84 Å². The Morgan fingerprint density at radius 2 is 1.92 bits per heavy atom. The summed E-state index contributed by atoms with van der Waals surface area (Å²) in [5.41, 5.74) is 0.927. The predicted molar refractivity (Wildman–Crippen MR) is 85.3 cm³/mol. The molecule has 0 radical (unpaired) electrons. The third-order valence-corrected chi connectivity index (χ3v) is 4.14. The van der Waals surface area contributed by atoms with Gasteiger partial charge in [-0.2, -0.15) is 18.3 Å². The van der Waals surface area contributed by atoms with Gasteiger partial charge >= 0.3 is 12.1 Å². The maximum Gasteiger partial charge on any atom is 0.416 e. The summed E-state index contributed by atoms with van der Waals surface area (Å²) in [6.07, 6.45) is -4.45. The van der Waals surface area contributed by atoms with Crippen molar-refractivity contribution in [3.05, 3.63) is 65.2 Å². The van der Waals surface area contributed by atoms with Crippen molar-refractivity contribution in [2.24, 2.45) is 0 Å². The van der Waals surface area contributed by atoms with Crippen LogP contribution in [0.4, 0.5) is 13.2 Å². The normalized spacial score (nSPS) is 12.9. The first-order chi connectivity index (χ1) is 12.3. The molecule has 0 spiro atoms. The fourth-order valence-corrected chi connectivity index (χ4v) is 2.91. The minimum Gasteiger partial charge on any atom is -0.478 e. The molecule has 0 bridgehead atoms. The van der Waals surface area contributed by atoms with E-state index in [4.69, 9.17) is 4.74 Å². The minimum atomic E-state index is -4.45. The summed E-state index contributed by atoms with van der Waals surface area (Å²) in [6.45, 7) is 0.0472. The molecular formula is C18H11F3N2O3. The summed E-state index contributed by atoms with van der Waals surface area (Å²) < 4.78 is 45.7. The number of hydrogen-bond acceptors (Lipinski definition) is 3. The molecule has 132 valence electrons. The number of carboxylic acids is 1. The fourth-order valence-electron chi connectivity index (χ4n) is 2.91. The van der Waals surface area contributed by atoms with Gasteiger partial charge in [0.2, 0.25) is 5.88 Å². The minimum absolute atomic E-state index is 0.0472. The number of benzene rings is 2. The van der Waals surface area contributed by atoms with E-state index in [1.54, 1.807) is 12.1 Å². The van der Waals surface area contributed by atoms with Gasteiger partial charge in [0.15, 0.2) is 0 Å². The average Bonchev–Trinajstić information content (AvgIpc) is 3.05. The van der Waals surface area contributed by atoms with Gasteiger partial charge in [0, 0.05) is 17.2 Å². The van der Waals surface area contributed by atoms with Crippen molar-refractivity contribution in [1.29, 1.82) is 0 Å². The molecule has 0 amide bonds. The molecule has 8 heteroatoms. The summed E-state index contributed by atoms with van der Waals surface area (Å²) in [7, 11) is 0. The maximum absolute atomic E-state index is 12.9. The molecular weight excluding hydrogens is 349 g/mol. The molecule has 0 aliphatic carbocycles. The van der Waals surface area contributed by atoms with Gasteiger partial charge in [0.05, 0.1) is 22.5 Å². The highest BCUT2D eigenvalue weighted by Gasteiger charge is 2.31. The number of carbonyl (C=O) groups is 1. The van der Waals surface area contributed by atoms with Crippen LogP contribution in [0.3, 0.4) is 0 Å². The molecule has 3 aromatic rings. The molecule has 5 nitrogen and oxygen atoms in total. The van der Waals surface area contributed by atoms with Gasteiger partial charge in [-0.1, -0.05) is 18.2 Å². The van der Waals surface area contributed by atoms with Crippen molar-refractivity contribution in [1.82, 2.24) is 9.78 Å². The number of ether oxygens (including phenoxy) is 1. The van der Waals surface area contributed by atoms with Crippen molar-refractivity contribution in [2.45, 2.75) is 12.8 Å². The molecule has 0 unspecified atom stereocenters. The monoisotopic (exact) mass is 360 g/mol. The molecule has 2 heterocycles. The van der Waals surface area contributed by atoms with E-state index in [2.05, 4.69) is 5.10 Å². The highest BCUT2D eigenvalue weighted by molar-refractivity contribution is 5.90. The Kier molecular flexibility index (Phi) is 3.50. The molecule has 2 aromatic carbocycles. The van der Waals surface area contributed by atoms with Gasteiger partial charge in [-0.05, 0) is 24.3 Å². The number of aromatic carboxylic acids is 1. The number of hydrogen-bond donors (Lipinski definition) is 1. The van der Waals surface area contributed by atoms with Crippen LogP contribution < -0.4 is 4.74 Å². The topological polar surface area (TPSA) is 64.3 Å². The van der Waals surface area contributed by atoms with Crippen LogP contribution in [-0.2, 0) is 12.8 Å². The number of aromatic nitrogens is 2. The lowest BCUT2D eigenvalue weighted by Gasteiger charge is -2.20. The van der Waals surface area contributed by atoms with Gasteiger partial charge in [-0.3, -0.25) is 0 Å². The Labute approximate surface area is 145 Å². The van der Waals surface area contributed by atoms with Crippen LogP contribution in [0.2, 0.25) is 0 Å². The van der Waals surface area contributed by atoms with Gasteiger partial charge in [0.25, 0.3) is 0 Å². The van der Waals surface area contributed by atoms with Crippen molar-refractivity contribution in [2.75, 3.05) is 0 Å². The van der Waals surface area contributed by atoms with E-state index in [1.165, 1.54) is 28.9 Å². The Hall–Kier alpha value is -3.29. The van der Waals surface area contributed by atoms with Gasteiger partial charge in [-0.15, -0.1) is 0 Å². The zero-order valence-electron chi connectivity index (χ0n) is 13.1. The van der Waals surface area contributed by atoms with Crippen LogP contribution in [0.1, 0.15) is 21.5 Å². The molecule has 0 saturated carbocycles. The quantitative estimate of drug-likeness (QED) is 0.746. The molecule has 4 rings (SSSR count). The van der Waals surface area contributed by atoms with E-state index in [0.29, 0.717) is 28.4 Å². The lowest BCUT2D eigenvalue weighted by atomic mass is 10.1. The molecule has 1 aromatic heterocycles. The first-order valence-electron chi connectivity index (χ1n) is 7.60. The van der Waals surface area contributed by atoms with Gasteiger partial charge in [0.1, 0.15) is 6.61 Å². The molecule has 1 aliphatic heterocycles.